The Balaban J connectivity index is 1.52. The molecule has 0 spiro atoms. The van der Waals surface area contributed by atoms with Crippen LogP contribution in [0.3, 0.4) is 0 Å². The van der Waals surface area contributed by atoms with Gasteiger partial charge in [-0.2, -0.15) is 0 Å². The number of pyridine rings is 1. The number of aliphatic hydroxyl groups excluding tert-OH is 1. The highest BCUT2D eigenvalue weighted by Crippen LogP contribution is 2.45. The van der Waals surface area contributed by atoms with Crippen LogP contribution in [0.1, 0.15) is 48.9 Å². The Bertz CT molecular complexity index is 1630. The second kappa shape index (κ2) is 14.0. The highest BCUT2D eigenvalue weighted by Gasteiger charge is 2.48. The van der Waals surface area contributed by atoms with Crippen LogP contribution >= 0.6 is 34.7 Å². The molecule has 1 atom stereocenters. The van der Waals surface area contributed by atoms with E-state index in [1.807, 2.05) is 24.3 Å². The number of aliphatic hydroxyl groups is 1. The van der Waals surface area contributed by atoms with E-state index in [9.17, 15) is 14.7 Å². The van der Waals surface area contributed by atoms with E-state index >= 15 is 0 Å². The smallest absolute Gasteiger partial charge is 0.301 e. The first-order valence-electron chi connectivity index (χ1n) is 13.6. The molecule has 0 aliphatic carbocycles. The lowest BCUT2D eigenvalue weighted by molar-refractivity contribution is -0.132. The molecule has 3 heterocycles. The molecule has 1 saturated heterocycles. The van der Waals surface area contributed by atoms with E-state index < -0.39 is 17.7 Å². The summed E-state index contributed by atoms with van der Waals surface area (Å²) in [5.74, 6) is -0.347. The largest absolute Gasteiger partial charge is 0.507 e. The van der Waals surface area contributed by atoms with E-state index in [4.69, 9.17) is 21.1 Å². The highest BCUT2D eigenvalue weighted by molar-refractivity contribution is 8.00. The van der Waals surface area contributed by atoms with Gasteiger partial charge in [0.05, 0.1) is 25.3 Å². The number of unbranched alkanes of at least 4 members (excludes halogenated alkanes) is 2. The standard InChI is InChI=1S/C31H29ClN4O5S2/c1-3-4-5-16-41-23-11-8-21(17-24(23)40-2)26-25(27(37)20-12-14-33-15-13-20)28(38)29(39)36(26)30-34-35-31(43-30)42-18-19-6-9-22(32)10-7-19/h6-15,17,26,37H,3-5,16,18H2,1-2H3/b27-25+. The van der Waals surface area contributed by atoms with E-state index in [1.165, 1.54) is 47.5 Å². The van der Waals surface area contributed by atoms with Gasteiger partial charge in [-0.05, 0) is 53.9 Å². The summed E-state index contributed by atoms with van der Waals surface area (Å²) in [5.41, 5.74) is 1.88. The maximum Gasteiger partial charge on any atom is 0.301 e. The molecule has 222 valence electrons. The second-order valence-corrected chi connectivity index (χ2v) is 12.3. The Morgan fingerprint density at radius 2 is 1.81 bits per heavy atom. The Hall–Kier alpha value is -3.93. The molecule has 1 amide bonds. The molecule has 9 nitrogen and oxygen atoms in total. The van der Waals surface area contributed by atoms with Crippen LogP contribution in [0.2, 0.25) is 5.02 Å². The first-order chi connectivity index (χ1) is 20.9. The van der Waals surface area contributed by atoms with Gasteiger partial charge in [-0.15, -0.1) is 10.2 Å². The van der Waals surface area contributed by atoms with Gasteiger partial charge < -0.3 is 14.6 Å². The third-order valence-corrected chi connectivity index (χ3v) is 9.16. The Morgan fingerprint density at radius 1 is 1.05 bits per heavy atom. The van der Waals surface area contributed by atoms with Crippen molar-refractivity contribution in [3.05, 3.63) is 94.3 Å². The summed E-state index contributed by atoms with van der Waals surface area (Å²) in [6.07, 6.45) is 6.03. The van der Waals surface area contributed by atoms with Crippen LogP contribution in [0.15, 0.2) is 76.9 Å². The summed E-state index contributed by atoms with van der Waals surface area (Å²) < 4.78 is 12.2. The van der Waals surface area contributed by atoms with E-state index in [1.54, 1.807) is 30.3 Å². The molecule has 0 radical (unpaired) electrons. The Labute approximate surface area is 262 Å². The van der Waals surface area contributed by atoms with E-state index in [-0.39, 0.29) is 16.5 Å². The number of thioether (sulfide) groups is 1. The number of ether oxygens (including phenoxy) is 2. The lowest BCUT2D eigenvalue weighted by Crippen LogP contribution is -2.29. The number of nitrogens with zero attached hydrogens (tertiary/aromatic N) is 4. The van der Waals surface area contributed by atoms with Gasteiger partial charge in [0.15, 0.2) is 15.8 Å². The number of methoxy groups -OCH3 is 1. The van der Waals surface area contributed by atoms with Crippen molar-refractivity contribution >= 4 is 57.3 Å². The van der Waals surface area contributed by atoms with Gasteiger partial charge in [0.2, 0.25) is 5.13 Å². The predicted molar refractivity (Wildman–Crippen MR) is 168 cm³/mol. The first-order valence-corrected chi connectivity index (χ1v) is 15.8. The van der Waals surface area contributed by atoms with Gasteiger partial charge in [-0.1, -0.05) is 72.7 Å². The number of anilines is 1. The zero-order chi connectivity index (χ0) is 30.3. The molecule has 2 aromatic carbocycles. The van der Waals surface area contributed by atoms with Gasteiger partial charge in [-0.3, -0.25) is 19.5 Å². The highest BCUT2D eigenvalue weighted by atomic mass is 35.5. The molecule has 4 aromatic rings. The van der Waals surface area contributed by atoms with Crippen LogP contribution in [0.4, 0.5) is 5.13 Å². The minimum atomic E-state index is -0.988. The van der Waals surface area contributed by atoms with E-state index in [0.717, 1.165) is 24.8 Å². The van der Waals surface area contributed by atoms with Crippen molar-refractivity contribution in [2.75, 3.05) is 18.6 Å². The molecule has 0 bridgehead atoms. The van der Waals surface area contributed by atoms with Gasteiger partial charge in [0.1, 0.15) is 5.76 Å². The maximum absolute atomic E-state index is 13.6. The quantitative estimate of drug-likeness (QED) is 0.0435. The van der Waals surface area contributed by atoms with Crippen LogP contribution in [0, 0.1) is 0 Å². The average molecular weight is 637 g/mol. The van der Waals surface area contributed by atoms with Crippen molar-refractivity contribution in [2.45, 2.75) is 42.3 Å². The minimum absolute atomic E-state index is 0.0690. The number of carbonyl (C=O) groups is 2. The lowest BCUT2D eigenvalue weighted by atomic mass is 9.95. The fourth-order valence-electron chi connectivity index (χ4n) is 4.60. The topological polar surface area (TPSA) is 115 Å². The number of Topliss-reactive ketones (excluding diaryl/α,β-unsaturated/α-hetero) is 1. The minimum Gasteiger partial charge on any atom is -0.507 e. The number of rotatable bonds is 12. The monoisotopic (exact) mass is 636 g/mol. The van der Waals surface area contributed by atoms with Crippen LogP contribution in [0.25, 0.3) is 5.76 Å². The molecule has 43 heavy (non-hydrogen) atoms. The molecule has 1 N–H and O–H groups in total. The fourth-order valence-corrected chi connectivity index (χ4v) is 6.55. The number of aromatic nitrogens is 3. The molecule has 5 rings (SSSR count). The number of hydrogen-bond acceptors (Lipinski definition) is 10. The zero-order valence-electron chi connectivity index (χ0n) is 23.5. The molecule has 12 heteroatoms. The summed E-state index contributed by atoms with van der Waals surface area (Å²) in [6, 6.07) is 14.9. The average Bonchev–Trinajstić information content (AvgIpc) is 3.60. The first kappa shape index (κ1) is 30.5. The lowest BCUT2D eigenvalue weighted by Gasteiger charge is -2.23. The predicted octanol–water partition coefficient (Wildman–Crippen LogP) is 7.08. The van der Waals surface area contributed by atoms with Gasteiger partial charge >= 0.3 is 5.91 Å². The SMILES string of the molecule is CCCCCOc1ccc(C2/C(=C(\O)c3ccncc3)C(=O)C(=O)N2c2nnc(SCc3ccc(Cl)cc3)s2)cc1OC. The third-order valence-electron chi connectivity index (χ3n) is 6.78. The maximum atomic E-state index is 13.6. The Kier molecular flexibility index (Phi) is 9.96. The number of amides is 1. The molecule has 1 aliphatic heterocycles. The molecule has 2 aromatic heterocycles. The van der Waals surface area contributed by atoms with Crippen LogP contribution in [-0.4, -0.2) is 45.7 Å². The number of carbonyl (C=O) groups excluding carboxylic acids is 2. The second-order valence-electron chi connectivity index (χ2n) is 9.64. The fraction of sp³-hybridized carbons (Fsp3) is 0.258. The summed E-state index contributed by atoms with van der Waals surface area (Å²) >= 11 is 8.65. The van der Waals surface area contributed by atoms with E-state index in [0.29, 0.717) is 44.3 Å². The van der Waals surface area contributed by atoms with Crippen molar-refractivity contribution in [1.29, 1.82) is 0 Å². The summed E-state index contributed by atoms with van der Waals surface area (Å²) in [6.45, 7) is 2.66. The van der Waals surface area contributed by atoms with Gasteiger partial charge in [0, 0.05) is 28.7 Å². The van der Waals surface area contributed by atoms with Crippen molar-refractivity contribution in [2.24, 2.45) is 0 Å². The van der Waals surface area contributed by atoms with E-state index in [2.05, 4.69) is 22.1 Å². The molecule has 0 saturated carbocycles. The number of benzene rings is 2. The van der Waals surface area contributed by atoms with Crippen LogP contribution < -0.4 is 14.4 Å². The summed E-state index contributed by atoms with van der Waals surface area (Å²) in [7, 11) is 1.53. The Morgan fingerprint density at radius 3 is 2.53 bits per heavy atom. The summed E-state index contributed by atoms with van der Waals surface area (Å²) in [5, 5.41) is 20.8. The molecular formula is C31H29ClN4O5S2. The van der Waals surface area contributed by atoms with Crippen LogP contribution in [0.5, 0.6) is 11.5 Å². The van der Waals surface area contributed by atoms with Crippen molar-refractivity contribution in [3.8, 4) is 11.5 Å². The number of halogens is 1. The molecular weight excluding hydrogens is 608 g/mol. The zero-order valence-corrected chi connectivity index (χ0v) is 25.9. The number of ketones is 1. The molecule has 1 fully saturated rings. The summed E-state index contributed by atoms with van der Waals surface area (Å²) in [4.78, 5) is 32.4. The van der Waals surface area contributed by atoms with Gasteiger partial charge in [-0.25, -0.2) is 0 Å². The van der Waals surface area contributed by atoms with Gasteiger partial charge in [0.25, 0.3) is 5.78 Å². The third kappa shape index (κ3) is 6.84. The van der Waals surface area contributed by atoms with Crippen molar-refractivity contribution in [3.63, 3.8) is 0 Å². The van der Waals surface area contributed by atoms with Crippen molar-refractivity contribution in [1.82, 2.24) is 15.2 Å². The van der Waals surface area contributed by atoms with Crippen LogP contribution in [-0.2, 0) is 15.3 Å². The van der Waals surface area contributed by atoms with Crippen molar-refractivity contribution < 1.29 is 24.2 Å². The molecule has 1 aliphatic rings. The normalized spacial score (nSPS) is 16.1. The molecule has 1 unspecified atom stereocenters. The number of hydrogen-bond donors (Lipinski definition) is 1.